The van der Waals surface area contributed by atoms with Crippen LogP contribution in [0, 0.1) is 0 Å². The molecule has 0 bridgehead atoms. The Balaban J connectivity index is 2.97. The van der Waals surface area contributed by atoms with Gasteiger partial charge in [0.2, 0.25) is 0 Å². The number of hydrogen-bond acceptors (Lipinski definition) is 0. The number of unbranched alkanes of at least 4 members (excludes halogenated alkanes) is 4. The monoisotopic (exact) mass is 168 g/mol. The van der Waals surface area contributed by atoms with Gasteiger partial charge in [-0.2, -0.15) is 0 Å². The Labute approximate surface area is 79.5 Å². The molecule has 0 fully saturated rings. The Morgan fingerprint density at radius 1 is 0.833 bits per heavy atom. The highest BCUT2D eigenvalue weighted by atomic mass is 14.0. The molecular weight excluding hydrogens is 143 g/mol. The van der Waals surface area contributed by atoms with Crippen LogP contribution in [-0.2, 0) is 0 Å². The van der Waals surface area contributed by atoms with E-state index in [1.807, 2.05) is 0 Å². The zero-order valence-electron chi connectivity index (χ0n) is 9.23. The van der Waals surface area contributed by atoms with E-state index in [1.165, 1.54) is 51.4 Å². The Kier molecular flexibility index (Phi) is 9.20. The fourth-order valence-electron chi connectivity index (χ4n) is 1.73. The van der Waals surface area contributed by atoms with Gasteiger partial charge in [-0.05, 0) is 0 Å². The van der Waals surface area contributed by atoms with Crippen molar-refractivity contribution in [3.63, 3.8) is 0 Å². The Hall–Kier alpha value is 0.0649. The third-order valence-corrected chi connectivity index (χ3v) is 2.58. The highest BCUT2D eigenvalue weighted by Gasteiger charge is 1.99. The molecule has 0 aromatic heterocycles. The molecule has 0 aliphatic rings. The van der Waals surface area contributed by atoms with Crippen molar-refractivity contribution in [3.8, 4) is 0 Å². The third-order valence-electron chi connectivity index (χ3n) is 2.58. The molecule has 0 N–H and O–H groups in total. The summed E-state index contributed by atoms with van der Waals surface area (Å²) in [7, 11) is 2.39. The fraction of sp³-hybridized carbons (Fsp3) is 1.00. The molecule has 0 saturated carbocycles. The van der Waals surface area contributed by atoms with Crippen LogP contribution in [0.25, 0.3) is 0 Å². The molecule has 1 heteroatoms. The summed E-state index contributed by atoms with van der Waals surface area (Å²) in [4.78, 5) is 0. The highest BCUT2D eigenvalue weighted by molar-refractivity contribution is 6.11. The standard InChI is InChI=1S/C11H25B/c1-3-5-6-7-8-10-11(12)9-4-2/h11H,3-10,12H2,1-2H3. The first-order valence-electron chi connectivity index (χ1n) is 5.81. The summed E-state index contributed by atoms with van der Waals surface area (Å²) in [6.07, 6.45) is 11.4. The van der Waals surface area contributed by atoms with Crippen molar-refractivity contribution in [1.29, 1.82) is 0 Å². The van der Waals surface area contributed by atoms with E-state index < -0.39 is 0 Å². The van der Waals surface area contributed by atoms with Gasteiger partial charge in [0.1, 0.15) is 7.85 Å². The first kappa shape index (κ1) is 12.1. The smallest absolute Gasteiger partial charge is 0.0697 e. The molecule has 0 aromatic carbocycles. The minimum absolute atomic E-state index is 0.969. The molecule has 0 heterocycles. The van der Waals surface area contributed by atoms with Crippen LogP contribution in [0.4, 0.5) is 0 Å². The zero-order chi connectivity index (χ0) is 9.23. The molecule has 1 unspecified atom stereocenters. The van der Waals surface area contributed by atoms with Crippen LogP contribution in [0.15, 0.2) is 0 Å². The summed E-state index contributed by atoms with van der Waals surface area (Å²) in [6, 6.07) is 0. The van der Waals surface area contributed by atoms with Gasteiger partial charge in [-0.1, -0.05) is 71.0 Å². The zero-order valence-corrected chi connectivity index (χ0v) is 9.23. The molecule has 0 amide bonds. The van der Waals surface area contributed by atoms with Gasteiger partial charge in [0.05, 0.1) is 0 Å². The average Bonchev–Trinajstić information content (AvgIpc) is 2.05. The van der Waals surface area contributed by atoms with Crippen LogP contribution >= 0.6 is 0 Å². The van der Waals surface area contributed by atoms with Gasteiger partial charge >= 0.3 is 0 Å². The predicted molar refractivity (Wildman–Crippen MR) is 60.6 cm³/mol. The van der Waals surface area contributed by atoms with Crippen molar-refractivity contribution in [2.45, 2.75) is 71.0 Å². The van der Waals surface area contributed by atoms with Gasteiger partial charge in [0.15, 0.2) is 0 Å². The van der Waals surface area contributed by atoms with Gasteiger partial charge in [-0.15, -0.1) is 0 Å². The highest BCUT2D eigenvalue weighted by Crippen LogP contribution is 2.17. The molecule has 0 nitrogen and oxygen atoms in total. The number of hydrogen-bond donors (Lipinski definition) is 0. The minimum atomic E-state index is 0.969. The van der Waals surface area contributed by atoms with Crippen LogP contribution in [0.3, 0.4) is 0 Å². The van der Waals surface area contributed by atoms with E-state index in [0.717, 1.165) is 5.82 Å². The summed E-state index contributed by atoms with van der Waals surface area (Å²) in [5.74, 6) is 0.969. The maximum absolute atomic E-state index is 2.39. The molecule has 0 spiro atoms. The normalized spacial score (nSPS) is 13.2. The molecule has 0 aliphatic carbocycles. The SMILES string of the molecule is BC(CCC)CCCCCCC. The largest absolute Gasteiger partial charge is 0.105 e. The fourth-order valence-corrected chi connectivity index (χ4v) is 1.73. The second kappa shape index (κ2) is 9.16. The molecule has 12 heavy (non-hydrogen) atoms. The first-order chi connectivity index (χ1) is 5.81. The lowest BCUT2D eigenvalue weighted by Crippen LogP contribution is -1.91. The van der Waals surface area contributed by atoms with Gasteiger partial charge in [-0.25, -0.2) is 0 Å². The maximum atomic E-state index is 2.39. The Morgan fingerprint density at radius 2 is 1.50 bits per heavy atom. The van der Waals surface area contributed by atoms with Crippen LogP contribution < -0.4 is 0 Å². The lowest BCUT2D eigenvalue weighted by atomic mass is 9.79. The van der Waals surface area contributed by atoms with Crippen LogP contribution in [-0.4, -0.2) is 7.85 Å². The van der Waals surface area contributed by atoms with Gasteiger partial charge in [0, 0.05) is 0 Å². The van der Waals surface area contributed by atoms with E-state index in [1.54, 1.807) is 0 Å². The van der Waals surface area contributed by atoms with Crippen molar-refractivity contribution in [3.05, 3.63) is 0 Å². The number of rotatable bonds is 8. The summed E-state index contributed by atoms with van der Waals surface area (Å²) in [5.41, 5.74) is 0. The first-order valence-corrected chi connectivity index (χ1v) is 5.81. The molecule has 0 aromatic rings. The second-order valence-corrected chi connectivity index (χ2v) is 4.10. The second-order valence-electron chi connectivity index (χ2n) is 4.10. The minimum Gasteiger partial charge on any atom is -0.0697 e. The van der Waals surface area contributed by atoms with E-state index in [2.05, 4.69) is 21.7 Å². The van der Waals surface area contributed by atoms with Crippen molar-refractivity contribution < 1.29 is 0 Å². The Bertz CT molecular complexity index is 81.1. The van der Waals surface area contributed by atoms with Crippen molar-refractivity contribution in [2.75, 3.05) is 0 Å². The molecule has 0 aliphatic heterocycles. The van der Waals surface area contributed by atoms with E-state index in [9.17, 15) is 0 Å². The van der Waals surface area contributed by atoms with E-state index in [-0.39, 0.29) is 0 Å². The Morgan fingerprint density at radius 3 is 2.08 bits per heavy atom. The molecule has 1 atom stereocenters. The van der Waals surface area contributed by atoms with Crippen LogP contribution in [0.2, 0.25) is 5.82 Å². The van der Waals surface area contributed by atoms with Crippen LogP contribution in [0.5, 0.6) is 0 Å². The maximum Gasteiger partial charge on any atom is 0.105 e. The van der Waals surface area contributed by atoms with E-state index >= 15 is 0 Å². The van der Waals surface area contributed by atoms with Gasteiger partial charge < -0.3 is 0 Å². The third kappa shape index (κ3) is 8.16. The van der Waals surface area contributed by atoms with E-state index in [0.29, 0.717) is 0 Å². The van der Waals surface area contributed by atoms with Crippen molar-refractivity contribution in [2.24, 2.45) is 0 Å². The van der Waals surface area contributed by atoms with Gasteiger partial charge in [-0.3, -0.25) is 0 Å². The quantitative estimate of drug-likeness (QED) is 0.384. The lowest BCUT2D eigenvalue weighted by molar-refractivity contribution is 0.572. The summed E-state index contributed by atoms with van der Waals surface area (Å²) >= 11 is 0. The topological polar surface area (TPSA) is 0 Å². The summed E-state index contributed by atoms with van der Waals surface area (Å²) in [5, 5.41) is 0. The molecule has 0 saturated heterocycles. The van der Waals surface area contributed by atoms with E-state index in [4.69, 9.17) is 0 Å². The van der Waals surface area contributed by atoms with Gasteiger partial charge in [0.25, 0.3) is 0 Å². The molecule has 0 radical (unpaired) electrons. The average molecular weight is 168 g/mol. The van der Waals surface area contributed by atoms with Crippen LogP contribution in [0.1, 0.15) is 65.2 Å². The lowest BCUT2D eigenvalue weighted by Gasteiger charge is -2.08. The molecule has 72 valence electrons. The molecule has 0 rings (SSSR count). The van der Waals surface area contributed by atoms with Crippen molar-refractivity contribution >= 4 is 7.85 Å². The summed E-state index contributed by atoms with van der Waals surface area (Å²) in [6.45, 7) is 4.56. The summed E-state index contributed by atoms with van der Waals surface area (Å²) < 4.78 is 0. The predicted octanol–water partition coefficient (Wildman–Crippen LogP) is 3.57. The van der Waals surface area contributed by atoms with Crippen molar-refractivity contribution in [1.82, 2.24) is 0 Å². The molecular formula is C11H25B.